The Kier molecular flexibility index (Phi) is 7.01. The lowest BCUT2D eigenvalue weighted by Gasteiger charge is -2.15. The lowest BCUT2D eigenvalue weighted by Crippen LogP contribution is -2.31. The first-order chi connectivity index (χ1) is 7.16. The molecule has 1 aromatic rings. The van der Waals surface area contributed by atoms with Gasteiger partial charge in [-0.15, -0.1) is 24.8 Å². The molecule has 0 aromatic carbocycles. The van der Waals surface area contributed by atoms with Crippen LogP contribution in [0.15, 0.2) is 22.9 Å². The van der Waals surface area contributed by atoms with Gasteiger partial charge in [-0.2, -0.15) is 0 Å². The molecule has 1 fully saturated rings. The van der Waals surface area contributed by atoms with E-state index < -0.39 is 0 Å². The van der Waals surface area contributed by atoms with Crippen LogP contribution in [0.1, 0.15) is 16.8 Å². The van der Waals surface area contributed by atoms with E-state index in [1.807, 2.05) is 0 Å². The maximum atomic E-state index is 12.0. The predicted molar refractivity (Wildman–Crippen MR) is 74.9 cm³/mol. The quantitative estimate of drug-likeness (QED) is 0.847. The van der Waals surface area contributed by atoms with Gasteiger partial charge in [0.25, 0.3) is 5.91 Å². The predicted octanol–water partition coefficient (Wildman–Crippen LogP) is 1.86. The number of likely N-dealkylation sites (tertiary alicyclic amines) is 1. The molecule has 1 aliphatic rings. The molecule has 1 atom stereocenters. The van der Waals surface area contributed by atoms with Gasteiger partial charge in [-0.3, -0.25) is 9.78 Å². The fraction of sp³-hybridized carbons (Fsp3) is 0.400. The molecule has 4 nitrogen and oxygen atoms in total. The molecule has 0 aliphatic carbocycles. The first-order valence-corrected chi connectivity index (χ1v) is 5.61. The number of pyridine rings is 1. The number of aromatic nitrogens is 1. The highest BCUT2D eigenvalue weighted by molar-refractivity contribution is 9.10. The van der Waals surface area contributed by atoms with Gasteiger partial charge in [0.1, 0.15) is 0 Å². The molecule has 0 bridgehead atoms. The number of hydrogen-bond donors (Lipinski definition) is 1. The second kappa shape index (κ2) is 7.16. The largest absolute Gasteiger partial charge is 0.337 e. The van der Waals surface area contributed by atoms with Gasteiger partial charge in [0.05, 0.1) is 5.56 Å². The van der Waals surface area contributed by atoms with Gasteiger partial charge in [-0.25, -0.2) is 0 Å². The molecule has 0 spiro atoms. The Labute approximate surface area is 121 Å². The van der Waals surface area contributed by atoms with Crippen molar-refractivity contribution in [2.45, 2.75) is 12.5 Å². The minimum atomic E-state index is 0. The second-order valence-corrected chi connectivity index (χ2v) is 4.61. The highest BCUT2D eigenvalue weighted by Gasteiger charge is 2.24. The van der Waals surface area contributed by atoms with E-state index in [-0.39, 0.29) is 36.8 Å². The Balaban J connectivity index is 0.00000128. The molecule has 0 saturated carbocycles. The summed E-state index contributed by atoms with van der Waals surface area (Å²) >= 11 is 3.29. The molecular weight excluding hydrogens is 329 g/mol. The molecule has 2 heterocycles. The summed E-state index contributed by atoms with van der Waals surface area (Å²) in [7, 11) is 0. The molecule has 1 aliphatic heterocycles. The number of halogens is 3. The van der Waals surface area contributed by atoms with Crippen LogP contribution in [0.3, 0.4) is 0 Å². The normalized spacial score (nSPS) is 18.2. The highest BCUT2D eigenvalue weighted by Crippen LogP contribution is 2.15. The summed E-state index contributed by atoms with van der Waals surface area (Å²) in [5.74, 6) is 0.0109. The SMILES string of the molecule is Cl.Cl.N[C@H]1CCN(C(=O)c2cncc(Br)c2)C1. The summed E-state index contributed by atoms with van der Waals surface area (Å²) in [5.41, 5.74) is 6.36. The van der Waals surface area contributed by atoms with Crippen LogP contribution in [0.25, 0.3) is 0 Å². The number of carbonyl (C=O) groups excluding carboxylic acids is 1. The van der Waals surface area contributed by atoms with Gasteiger partial charge in [0.15, 0.2) is 0 Å². The zero-order chi connectivity index (χ0) is 10.8. The van der Waals surface area contributed by atoms with E-state index in [4.69, 9.17) is 5.73 Å². The number of hydrogen-bond acceptors (Lipinski definition) is 3. The van der Waals surface area contributed by atoms with Crippen LogP contribution < -0.4 is 5.73 Å². The van der Waals surface area contributed by atoms with E-state index >= 15 is 0 Å². The van der Waals surface area contributed by atoms with Crippen LogP contribution in [0, 0.1) is 0 Å². The third kappa shape index (κ3) is 4.10. The molecule has 0 unspecified atom stereocenters. The van der Waals surface area contributed by atoms with Crippen molar-refractivity contribution >= 4 is 46.7 Å². The molecule has 7 heteroatoms. The number of amides is 1. The third-order valence-corrected chi connectivity index (χ3v) is 2.90. The van der Waals surface area contributed by atoms with E-state index in [1.54, 1.807) is 23.4 Å². The number of carbonyl (C=O) groups is 1. The van der Waals surface area contributed by atoms with Crippen molar-refractivity contribution < 1.29 is 4.79 Å². The number of rotatable bonds is 1. The molecule has 1 saturated heterocycles. The van der Waals surface area contributed by atoms with Crippen molar-refractivity contribution in [3.8, 4) is 0 Å². The Morgan fingerprint density at radius 1 is 1.47 bits per heavy atom. The van der Waals surface area contributed by atoms with E-state index in [1.165, 1.54) is 0 Å². The summed E-state index contributed by atoms with van der Waals surface area (Å²) in [6.07, 6.45) is 4.12. The lowest BCUT2D eigenvalue weighted by atomic mass is 10.2. The van der Waals surface area contributed by atoms with Crippen LogP contribution in [0.5, 0.6) is 0 Å². The van der Waals surface area contributed by atoms with Crippen LogP contribution >= 0.6 is 40.7 Å². The highest BCUT2D eigenvalue weighted by atomic mass is 79.9. The minimum Gasteiger partial charge on any atom is -0.337 e. The van der Waals surface area contributed by atoms with E-state index in [9.17, 15) is 4.79 Å². The van der Waals surface area contributed by atoms with Gasteiger partial charge in [-0.05, 0) is 28.4 Å². The standard InChI is InChI=1S/C10H12BrN3O.2ClH/c11-8-3-7(4-13-5-8)10(15)14-2-1-9(12)6-14;;/h3-5,9H,1-2,6,12H2;2*1H/t9-;;/m0../s1. The van der Waals surface area contributed by atoms with Crippen molar-refractivity contribution in [2.75, 3.05) is 13.1 Å². The van der Waals surface area contributed by atoms with Gasteiger partial charge in [0, 0.05) is 36.0 Å². The maximum absolute atomic E-state index is 12.0. The Hall–Kier alpha value is -0.360. The van der Waals surface area contributed by atoms with Crippen molar-refractivity contribution in [1.82, 2.24) is 9.88 Å². The Bertz CT molecular complexity index is 392. The lowest BCUT2D eigenvalue weighted by molar-refractivity contribution is 0.0790. The van der Waals surface area contributed by atoms with Crippen LogP contribution in [-0.2, 0) is 0 Å². The summed E-state index contributed by atoms with van der Waals surface area (Å²) in [6.45, 7) is 1.39. The van der Waals surface area contributed by atoms with Crippen LogP contribution in [0.2, 0.25) is 0 Å². The second-order valence-electron chi connectivity index (χ2n) is 3.69. The van der Waals surface area contributed by atoms with Gasteiger partial charge < -0.3 is 10.6 Å². The maximum Gasteiger partial charge on any atom is 0.255 e. The van der Waals surface area contributed by atoms with E-state index in [0.717, 1.165) is 17.4 Å². The molecule has 1 amide bonds. The van der Waals surface area contributed by atoms with Crippen LogP contribution in [-0.4, -0.2) is 34.9 Å². The summed E-state index contributed by atoms with van der Waals surface area (Å²) < 4.78 is 0.817. The first-order valence-electron chi connectivity index (χ1n) is 4.82. The van der Waals surface area contributed by atoms with Crippen molar-refractivity contribution in [1.29, 1.82) is 0 Å². The molecule has 2 rings (SSSR count). The summed E-state index contributed by atoms with van der Waals surface area (Å²) in [4.78, 5) is 17.7. The molecule has 0 radical (unpaired) electrons. The van der Waals surface area contributed by atoms with Crippen molar-refractivity contribution in [3.05, 3.63) is 28.5 Å². The Morgan fingerprint density at radius 2 is 2.18 bits per heavy atom. The van der Waals surface area contributed by atoms with Crippen molar-refractivity contribution in [3.63, 3.8) is 0 Å². The average molecular weight is 343 g/mol. The third-order valence-electron chi connectivity index (χ3n) is 2.46. The van der Waals surface area contributed by atoms with E-state index in [0.29, 0.717) is 12.1 Å². The topological polar surface area (TPSA) is 59.2 Å². The molecule has 1 aromatic heterocycles. The first kappa shape index (κ1) is 16.6. The fourth-order valence-corrected chi connectivity index (χ4v) is 2.05. The average Bonchev–Trinajstić information content (AvgIpc) is 2.64. The molecule has 2 N–H and O–H groups in total. The smallest absolute Gasteiger partial charge is 0.255 e. The number of nitrogens with two attached hydrogens (primary N) is 1. The van der Waals surface area contributed by atoms with E-state index in [2.05, 4.69) is 20.9 Å². The molecule has 96 valence electrons. The fourth-order valence-electron chi connectivity index (χ4n) is 1.68. The molecular formula is C10H14BrCl2N3O. The monoisotopic (exact) mass is 341 g/mol. The van der Waals surface area contributed by atoms with Crippen molar-refractivity contribution in [2.24, 2.45) is 5.73 Å². The van der Waals surface area contributed by atoms with Gasteiger partial charge in [0.2, 0.25) is 0 Å². The summed E-state index contributed by atoms with van der Waals surface area (Å²) in [6, 6.07) is 1.90. The zero-order valence-electron chi connectivity index (χ0n) is 9.01. The number of nitrogens with zero attached hydrogens (tertiary/aromatic N) is 2. The zero-order valence-corrected chi connectivity index (χ0v) is 12.2. The minimum absolute atomic E-state index is 0. The van der Waals surface area contributed by atoms with Gasteiger partial charge in [-0.1, -0.05) is 0 Å². The molecule has 17 heavy (non-hydrogen) atoms. The van der Waals surface area contributed by atoms with Crippen LogP contribution in [0.4, 0.5) is 0 Å². The summed E-state index contributed by atoms with van der Waals surface area (Å²) in [5, 5.41) is 0. The Morgan fingerprint density at radius 3 is 2.71 bits per heavy atom. The van der Waals surface area contributed by atoms with Gasteiger partial charge >= 0.3 is 0 Å².